The molecule has 2 aromatic carbocycles. The first-order chi connectivity index (χ1) is 8.65. The van der Waals surface area contributed by atoms with Crippen LogP contribution in [0, 0.1) is 0 Å². The number of fused-ring (bicyclic) bond motifs is 3. The Kier molecular flexibility index (Phi) is 2.44. The maximum Gasteiger partial charge on any atom is 0.176 e. The zero-order chi connectivity index (χ0) is 12.7. The highest BCUT2D eigenvalue weighted by atomic mass is 15.1. The second-order valence-electron chi connectivity index (χ2n) is 4.98. The van der Waals surface area contributed by atoms with E-state index < -0.39 is 0 Å². The van der Waals surface area contributed by atoms with Crippen LogP contribution < -0.4 is 9.47 Å². The molecular weight excluding hydrogens is 220 g/mol. The lowest BCUT2D eigenvalue weighted by Gasteiger charge is -2.13. The number of rotatable bonds is 1. The molecule has 0 N–H and O–H groups in total. The second kappa shape index (κ2) is 3.98. The Morgan fingerprint density at radius 3 is 2.39 bits per heavy atom. The van der Waals surface area contributed by atoms with Gasteiger partial charge in [0.1, 0.15) is 7.05 Å². The average Bonchev–Trinajstić information content (AvgIpc) is 2.37. The topological polar surface area (TPSA) is 7.12 Å². The summed E-state index contributed by atoms with van der Waals surface area (Å²) in [5, 5.41) is 5.21. The summed E-state index contributed by atoms with van der Waals surface area (Å²) in [7, 11) is 6.20. The number of anilines is 1. The smallest absolute Gasteiger partial charge is 0.176 e. The van der Waals surface area contributed by atoms with Crippen molar-refractivity contribution in [2.45, 2.75) is 0 Å². The van der Waals surface area contributed by atoms with Gasteiger partial charge in [-0.2, -0.15) is 0 Å². The van der Waals surface area contributed by atoms with Crippen molar-refractivity contribution in [2.24, 2.45) is 7.05 Å². The summed E-state index contributed by atoms with van der Waals surface area (Å²) in [6, 6.07) is 13.2. The number of aromatic nitrogens is 1. The van der Waals surface area contributed by atoms with Gasteiger partial charge in [0.15, 0.2) is 12.4 Å². The molecule has 0 saturated heterocycles. The van der Waals surface area contributed by atoms with Crippen molar-refractivity contribution in [3.8, 4) is 0 Å². The van der Waals surface area contributed by atoms with Crippen molar-refractivity contribution in [3.05, 3.63) is 48.8 Å². The Bertz CT molecular complexity index is 730. The summed E-state index contributed by atoms with van der Waals surface area (Å²) < 4.78 is 2.09. The van der Waals surface area contributed by atoms with E-state index in [4.69, 9.17) is 0 Å². The van der Waals surface area contributed by atoms with E-state index in [2.05, 4.69) is 79.4 Å². The fourth-order valence-corrected chi connectivity index (χ4v) is 2.39. The van der Waals surface area contributed by atoms with E-state index in [1.54, 1.807) is 0 Å². The molecular formula is C16H17N2+. The number of aryl methyl sites for hydroxylation is 1. The van der Waals surface area contributed by atoms with E-state index >= 15 is 0 Å². The van der Waals surface area contributed by atoms with E-state index in [1.165, 1.54) is 27.2 Å². The van der Waals surface area contributed by atoms with Gasteiger partial charge in [0, 0.05) is 36.6 Å². The lowest BCUT2D eigenvalue weighted by molar-refractivity contribution is -0.670. The SMILES string of the molecule is CN(C)c1ccc2c(ccc3c[n+](C)ccc32)c1. The minimum absolute atomic E-state index is 1.24. The molecule has 1 aromatic heterocycles. The monoisotopic (exact) mass is 237 g/mol. The Balaban J connectivity index is 2.35. The Morgan fingerprint density at radius 2 is 1.61 bits per heavy atom. The third-order valence-corrected chi connectivity index (χ3v) is 3.41. The van der Waals surface area contributed by atoms with E-state index in [0.29, 0.717) is 0 Å². The number of nitrogens with zero attached hydrogens (tertiary/aromatic N) is 2. The highest BCUT2D eigenvalue weighted by molar-refractivity contribution is 6.07. The highest BCUT2D eigenvalue weighted by Gasteiger charge is 2.05. The molecule has 0 amide bonds. The number of pyridine rings is 1. The highest BCUT2D eigenvalue weighted by Crippen LogP contribution is 2.27. The molecule has 0 aliphatic rings. The van der Waals surface area contributed by atoms with Gasteiger partial charge in [0.05, 0.1) is 0 Å². The van der Waals surface area contributed by atoms with E-state index in [-0.39, 0.29) is 0 Å². The van der Waals surface area contributed by atoms with Crippen LogP contribution in [0.3, 0.4) is 0 Å². The molecule has 0 spiro atoms. The first-order valence-electron chi connectivity index (χ1n) is 6.14. The van der Waals surface area contributed by atoms with Gasteiger partial charge in [0.2, 0.25) is 0 Å². The molecule has 0 saturated carbocycles. The third kappa shape index (κ3) is 1.70. The molecule has 18 heavy (non-hydrogen) atoms. The van der Waals surface area contributed by atoms with Crippen molar-refractivity contribution in [3.63, 3.8) is 0 Å². The van der Waals surface area contributed by atoms with Crippen LogP contribution in [0.15, 0.2) is 48.8 Å². The standard InChI is InChI=1S/C16H17N2/c1-17(2)14-6-7-15-12(10-14)4-5-13-11-18(3)9-8-16(13)15/h4-11H,1-3H3/q+1. The summed E-state index contributed by atoms with van der Waals surface area (Å²) >= 11 is 0. The minimum atomic E-state index is 1.24. The molecule has 0 unspecified atom stereocenters. The van der Waals surface area contributed by atoms with Crippen molar-refractivity contribution >= 4 is 27.2 Å². The first kappa shape index (κ1) is 11.0. The minimum Gasteiger partial charge on any atom is -0.378 e. The molecule has 2 heteroatoms. The zero-order valence-electron chi connectivity index (χ0n) is 11.0. The fourth-order valence-electron chi connectivity index (χ4n) is 2.39. The van der Waals surface area contributed by atoms with Gasteiger partial charge in [-0.3, -0.25) is 0 Å². The summed E-state index contributed by atoms with van der Waals surface area (Å²) in [6.45, 7) is 0. The van der Waals surface area contributed by atoms with Crippen molar-refractivity contribution in [1.29, 1.82) is 0 Å². The maximum absolute atomic E-state index is 2.24. The molecule has 3 rings (SSSR count). The van der Waals surface area contributed by atoms with Gasteiger partial charge < -0.3 is 4.90 Å². The second-order valence-corrected chi connectivity index (χ2v) is 4.98. The Labute approximate surface area is 107 Å². The first-order valence-corrected chi connectivity index (χ1v) is 6.14. The molecule has 0 radical (unpaired) electrons. The van der Waals surface area contributed by atoms with Crippen LogP contribution in [0.4, 0.5) is 5.69 Å². The van der Waals surface area contributed by atoms with Crippen LogP contribution in [0.25, 0.3) is 21.5 Å². The van der Waals surface area contributed by atoms with Gasteiger partial charge in [-0.05, 0) is 29.0 Å². The molecule has 0 aliphatic heterocycles. The van der Waals surface area contributed by atoms with Crippen LogP contribution in [0.5, 0.6) is 0 Å². The lowest BCUT2D eigenvalue weighted by Crippen LogP contribution is -2.25. The van der Waals surface area contributed by atoms with Crippen molar-refractivity contribution in [1.82, 2.24) is 0 Å². The van der Waals surface area contributed by atoms with Crippen LogP contribution in [0.1, 0.15) is 0 Å². The third-order valence-electron chi connectivity index (χ3n) is 3.41. The molecule has 0 atom stereocenters. The Morgan fingerprint density at radius 1 is 0.889 bits per heavy atom. The van der Waals surface area contributed by atoms with Crippen LogP contribution in [-0.4, -0.2) is 14.1 Å². The molecule has 0 bridgehead atoms. The quantitative estimate of drug-likeness (QED) is 0.466. The lowest BCUT2D eigenvalue weighted by atomic mass is 10.0. The normalized spacial score (nSPS) is 11.1. The number of benzene rings is 2. The van der Waals surface area contributed by atoms with Crippen LogP contribution >= 0.6 is 0 Å². The van der Waals surface area contributed by atoms with E-state index in [9.17, 15) is 0 Å². The van der Waals surface area contributed by atoms with Gasteiger partial charge in [-0.25, -0.2) is 4.57 Å². The molecule has 0 aliphatic carbocycles. The maximum atomic E-state index is 2.24. The van der Waals surface area contributed by atoms with Gasteiger partial charge in [-0.15, -0.1) is 0 Å². The molecule has 1 heterocycles. The van der Waals surface area contributed by atoms with Crippen molar-refractivity contribution < 1.29 is 4.57 Å². The molecule has 2 nitrogen and oxygen atoms in total. The summed E-state index contributed by atoms with van der Waals surface area (Å²) in [6.07, 6.45) is 4.26. The fraction of sp³-hybridized carbons (Fsp3) is 0.188. The van der Waals surface area contributed by atoms with Crippen LogP contribution in [-0.2, 0) is 7.05 Å². The van der Waals surface area contributed by atoms with Gasteiger partial charge >= 0.3 is 0 Å². The van der Waals surface area contributed by atoms with Gasteiger partial charge in [-0.1, -0.05) is 12.1 Å². The number of hydrogen-bond donors (Lipinski definition) is 0. The zero-order valence-corrected chi connectivity index (χ0v) is 11.0. The van der Waals surface area contributed by atoms with Gasteiger partial charge in [0.25, 0.3) is 0 Å². The average molecular weight is 237 g/mol. The van der Waals surface area contributed by atoms with E-state index in [0.717, 1.165) is 0 Å². The Hall–Kier alpha value is -2.09. The van der Waals surface area contributed by atoms with E-state index in [1.807, 2.05) is 0 Å². The number of hydrogen-bond acceptors (Lipinski definition) is 1. The summed E-state index contributed by atoms with van der Waals surface area (Å²) in [5.74, 6) is 0. The van der Waals surface area contributed by atoms with Crippen molar-refractivity contribution in [2.75, 3.05) is 19.0 Å². The summed E-state index contributed by atoms with van der Waals surface area (Å²) in [4.78, 5) is 2.13. The molecule has 3 aromatic rings. The van der Waals surface area contributed by atoms with Crippen LogP contribution in [0.2, 0.25) is 0 Å². The molecule has 90 valence electrons. The summed E-state index contributed by atoms with van der Waals surface area (Å²) in [5.41, 5.74) is 1.24. The predicted molar refractivity (Wildman–Crippen MR) is 77.0 cm³/mol. The largest absolute Gasteiger partial charge is 0.378 e. The molecule has 0 fully saturated rings. The predicted octanol–water partition coefficient (Wildman–Crippen LogP) is 2.88.